The van der Waals surface area contributed by atoms with E-state index in [1.54, 1.807) is 6.07 Å². The van der Waals surface area contributed by atoms with Crippen LogP contribution in [-0.4, -0.2) is 39.0 Å². The lowest BCUT2D eigenvalue weighted by atomic mass is 9.98. The van der Waals surface area contributed by atoms with Gasteiger partial charge >= 0.3 is 0 Å². The number of hydrogen-bond acceptors (Lipinski definition) is 6. The fraction of sp³-hybridized carbons (Fsp3) is 0.409. The van der Waals surface area contributed by atoms with E-state index in [1.807, 2.05) is 30.5 Å². The van der Waals surface area contributed by atoms with Crippen molar-refractivity contribution in [2.75, 3.05) is 18.5 Å². The Morgan fingerprint density at radius 1 is 1.20 bits per heavy atom. The van der Waals surface area contributed by atoms with Gasteiger partial charge in [-0.2, -0.15) is 5.10 Å². The predicted octanol–water partition coefficient (Wildman–Crippen LogP) is 2.34. The van der Waals surface area contributed by atoms with Gasteiger partial charge in [-0.3, -0.25) is 14.5 Å². The van der Waals surface area contributed by atoms with Gasteiger partial charge < -0.3 is 14.8 Å². The van der Waals surface area contributed by atoms with Gasteiger partial charge in [0.1, 0.15) is 12.7 Å². The molecular weight excluding hydrogens is 382 g/mol. The highest BCUT2D eigenvalue weighted by molar-refractivity contribution is 5.41. The molecule has 1 atom stereocenters. The minimum atomic E-state index is -0.170. The van der Waals surface area contributed by atoms with E-state index in [2.05, 4.69) is 25.1 Å². The Balaban J connectivity index is 1.21. The van der Waals surface area contributed by atoms with Crippen LogP contribution in [0, 0.1) is 0 Å². The smallest absolute Gasteiger partial charge is 0.252 e. The van der Waals surface area contributed by atoms with Crippen molar-refractivity contribution in [3.05, 3.63) is 63.8 Å². The zero-order valence-corrected chi connectivity index (χ0v) is 16.8. The summed E-state index contributed by atoms with van der Waals surface area (Å²) in [6.45, 7) is 1.65. The molecule has 5 rings (SSSR count). The van der Waals surface area contributed by atoms with Crippen LogP contribution in [0.5, 0.6) is 11.5 Å². The summed E-state index contributed by atoms with van der Waals surface area (Å²) in [5, 5.41) is 7.71. The molecule has 30 heavy (non-hydrogen) atoms. The van der Waals surface area contributed by atoms with E-state index < -0.39 is 0 Å². The minimum Gasteiger partial charge on any atom is -0.486 e. The zero-order chi connectivity index (χ0) is 20.3. The summed E-state index contributed by atoms with van der Waals surface area (Å²) < 4.78 is 13.7. The largest absolute Gasteiger partial charge is 0.486 e. The topological polar surface area (TPSA) is 94.1 Å². The number of para-hydroxylation sites is 2. The summed E-state index contributed by atoms with van der Waals surface area (Å²) in [5.41, 5.74) is 3.27. The molecular formula is C22H25N5O3. The number of nitrogens with one attached hydrogen (secondary N) is 2. The van der Waals surface area contributed by atoms with Crippen LogP contribution in [-0.2, 0) is 25.8 Å². The van der Waals surface area contributed by atoms with E-state index >= 15 is 0 Å². The number of rotatable bonds is 6. The van der Waals surface area contributed by atoms with Crippen LogP contribution in [0.25, 0.3) is 0 Å². The zero-order valence-electron chi connectivity index (χ0n) is 16.8. The number of hydrogen-bond donors (Lipinski definition) is 2. The van der Waals surface area contributed by atoms with Crippen molar-refractivity contribution >= 4 is 5.95 Å². The maximum atomic E-state index is 12.1. The van der Waals surface area contributed by atoms with E-state index in [-0.39, 0.29) is 11.7 Å². The Kier molecular flexibility index (Phi) is 5.13. The second-order valence-electron chi connectivity index (χ2n) is 7.76. The average molecular weight is 407 g/mol. The monoisotopic (exact) mass is 407 g/mol. The summed E-state index contributed by atoms with van der Waals surface area (Å²) in [6.07, 6.45) is 7.13. The fourth-order valence-electron chi connectivity index (χ4n) is 4.06. The third-order valence-electron chi connectivity index (χ3n) is 5.58. The maximum absolute atomic E-state index is 12.1. The Labute approximate surface area is 174 Å². The van der Waals surface area contributed by atoms with Crippen molar-refractivity contribution in [2.24, 2.45) is 0 Å². The third kappa shape index (κ3) is 4.03. The molecule has 0 spiro atoms. The van der Waals surface area contributed by atoms with Crippen LogP contribution >= 0.6 is 0 Å². The standard InChI is InChI=1S/C22H25N5O3/c28-21-11-16(9-10-27-18-6-2-1-5-15(18)12-24-27)25-22(26-21)23-13-17-14-29-19-7-3-4-8-20(19)30-17/h3-4,7-8,11-12,17H,1-2,5-6,9-10,13-14H2,(H2,23,25,26,28)/t17-/m0/s1. The van der Waals surface area contributed by atoms with Crippen molar-refractivity contribution in [3.8, 4) is 11.5 Å². The van der Waals surface area contributed by atoms with E-state index in [9.17, 15) is 4.79 Å². The van der Waals surface area contributed by atoms with Crippen LogP contribution in [0.2, 0.25) is 0 Å². The first-order chi connectivity index (χ1) is 14.7. The van der Waals surface area contributed by atoms with Crippen LogP contribution < -0.4 is 20.3 Å². The van der Waals surface area contributed by atoms with Gasteiger partial charge in [0.05, 0.1) is 18.4 Å². The Bertz CT molecular complexity index is 1090. The van der Waals surface area contributed by atoms with Gasteiger partial charge in [-0.1, -0.05) is 12.1 Å². The highest BCUT2D eigenvalue weighted by Gasteiger charge is 2.20. The minimum absolute atomic E-state index is 0.163. The lowest BCUT2D eigenvalue weighted by Gasteiger charge is -2.26. The third-order valence-corrected chi connectivity index (χ3v) is 5.58. The molecule has 8 nitrogen and oxygen atoms in total. The second kappa shape index (κ2) is 8.22. The Morgan fingerprint density at radius 3 is 3.00 bits per heavy atom. The molecule has 2 aliphatic rings. The molecule has 1 aliphatic heterocycles. The highest BCUT2D eigenvalue weighted by atomic mass is 16.6. The van der Waals surface area contributed by atoms with Gasteiger partial charge in [-0.15, -0.1) is 0 Å². The molecule has 0 saturated carbocycles. The quantitative estimate of drug-likeness (QED) is 0.651. The summed E-state index contributed by atoms with van der Waals surface area (Å²) in [6, 6.07) is 9.16. The number of benzene rings is 1. The first-order valence-electron chi connectivity index (χ1n) is 10.5. The molecule has 0 amide bonds. The maximum Gasteiger partial charge on any atom is 0.252 e. The van der Waals surface area contributed by atoms with Gasteiger partial charge in [0.2, 0.25) is 5.95 Å². The predicted molar refractivity (Wildman–Crippen MR) is 112 cm³/mol. The van der Waals surface area contributed by atoms with Gasteiger partial charge in [0.25, 0.3) is 5.56 Å². The van der Waals surface area contributed by atoms with E-state index in [4.69, 9.17) is 9.47 Å². The Hall–Kier alpha value is -3.29. The molecule has 0 fully saturated rings. The normalized spacial score (nSPS) is 17.4. The number of ether oxygens (including phenoxy) is 2. The highest BCUT2D eigenvalue weighted by Crippen LogP contribution is 2.30. The molecule has 0 bridgehead atoms. The van der Waals surface area contributed by atoms with E-state index in [0.717, 1.165) is 36.6 Å². The molecule has 156 valence electrons. The molecule has 3 heterocycles. The van der Waals surface area contributed by atoms with Crippen LogP contribution in [0.3, 0.4) is 0 Å². The first-order valence-corrected chi connectivity index (χ1v) is 10.5. The van der Waals surface area contributed by atoms with Crippen molar-refractivity contribution in [1.82, 2.24) is 19.7 Å². The molecule has 3 aromatic rings. The van der Waals surface area contributed by atoms with Crippen LogP contribution in [0.4, 0.5) is 5.95 Å². The molecule has 0 radical (unpaired) electrons. The summed E-state index contributed by atoms with van der Waals surface area (Å²) in [5.74, 6) is 1.93. The molecule has 1 aromatic carbocycles. The van der Waals surface area contributed by atoms with Gasteiger partial charge in [0, 0.05) is 24.7 Å². The molecule has 8 heteroatoms. The van der Waals surface area contributed by atoms with Crippen LogP contribution in [0.1, 0.15) is 29.8 Å². The number of H-pyrrole nitrogens is 1. The van der Waals surface area contributed by atoms with Crippen LogP contribution in [0.15, 0.2) is 41.3 Å². The van der Waals surface area contributed by atoms with Crippen molar-refractivity contribution in [3.63, 3.8) is 0 Å². The number of aryl methyl sites for hydroxylation is 3. The molecule has 2 aromatic heterocycles. The second-order valence-corrected chi connectivity index (χ2v) is 7.76. The Morgan fingerprint density at radius 2 is 2.07 bits per heavy atom. The summed E-state index contributed by atoms with van der Waals surface area (Å²) >= 11 is 0. The number of nitrogens with zero attached hydrogens (tertiary/aromatic N) is 3. The number of anilines is 1. The molecule has 0 saturated heterocycles. The van der Waals surface area contributed by atoms with Gasteiger partial charge in [0.15, 0.2) is 11.5 Å². The van der Waals surface area contributed by atoms with Crippen molar-refractivity contribution < 1.29 is 9.47 Å². The van der Waals surface area contributed by atoms with E-state index in [0.29, 0.717) is 25.5 Å². The molecule has 2 N–H and O–H groups in total. The van der Waals surface area contributed by atoms with Crippen molar-refractivity contribution in [2.45, 2.75) is 44.8 Å². The summed E-state index contributed by atoms with van der Waals surface area (Å²) in [7, 11) is 0. The van der Waals surface area contributed by atoms with Gasteiger partial charge in [-0.05, 0) is 43.4 Å². The first kappa shape index (κ1) is 18.7. The molecule has 0 unspecified atom stereocenters. The van der Waals surface area contributed by atoms with Gasteiger partial charge in [-0.25, -0.2) is 4.98 Å². The number of aromatic nitrogens is 4. The fourth-order valence-corrected chi connectivity index (χ4v) is 4.06. The SMILES string of the molecule is O=c1cc(CCn2ncc3c2CCCC3)nc(NC[C@H]2COc3ccccc3O2)[nH]1. The number of aromatic amines is 1. The average Bonchev–Trinajstić information content (AvgIpc) is 3.19. The number of fused-ring (bicyclic) bond motifs is 2. The summed E-state index contributed by atoms with van der Waals surface area (Å²) in [4.78, 5) is 19.4. The van der Waals surface area contributed by atoms with Crippen molar-refractivity contribution in [1.29, 1.82) is 0 Å². The lowest BCUT2D eigenvalue weighted by molar-refractivity contribution is 0.0996. The lowest BCUT2D eigenvalue weighted by Crippen LogP contribution is -2.35. The van der Waals surface area contributed by atoms with E-state index in [1.165, 1.54) is 24.1 Å². The molecule has 1 aliphatic carbocycles.